The number of amides is 1. The summed E-state index contributed by atoms with van der Waals surface area (Å²) in [5, 5.41) is 0. The average Bonchev–Trinajstić information content (AvgIpc) is 2.48. The van der Waals surface area contributed by atoms with E-state index in [1.54, 1.807) is 0 Å². The monoisotopic (exact) mass is 289 g/mol. The van der Waals surface area contributed by atoms with Crippen molar-refractivity contribution in [1.29, 1.82) is 0 Å². The van der Waals surface area contributed by atoms with E-state index in [9.17, 15) is 4.79 Å². The number of rotatable bonds is 5. The second-order valence-corrected chi connectivity index (χ2v) is 6.42. The van der Waals surface area contributed by atoms with Gasteiger partial charge in [-0.05, 0) is 61.8 Å². The molecule has 1 fully saturated rings. The van der Waals surface area contributed by atoms with Gasteiger partial charge in [0, 0.05) is 13.1 Å². The standard InChI is InChI=1S/C18H27NO2/c1-14(2)11-16-12-17(8-7-15(16)3)21-13-18(20)19-9-5-4-6-10-19/h7-8,12,14H,4-6,9-11,13H2,1-3H3. The van der Waals surface area contributed by atoms with Crippen LogP contribution >= 0.6 is 0 Å². The highest BCUT2D eigenvalue weighted by atomic mass is 16.5. The number of benzene rings is 1. The van der Waals surface area contributed by atoms with Crippen LogP contribution < -0.4 is 4.74 Å². The summed E-state index contributed by atoms with van der Waals surface area (Å²) in [5.41, 5.74) is 2.60. The first kappa shape index (κ1) is 15.9. The zero-order valence-corrected chi connectivity index (χ0v) is 13.5. The van der Waals surface area contributed by atoms with Crippen LogP contribution in [-0.2, 0) is 11.2 Å². The first-order valence-corrected chi connectivity index (χ1v) is 8.06. The molecule has 0 unspecified atom stereocenters. The van der Waals surface area contributed by atoms with Crippen LogP contribution in [0, 0.1) is 12.8 Å². The Morgan fingerprint density at radius 1 is 1.24 bits per heavy atom. The number of nitrogens with zero attached hydrogens (tertiary/aromatic N) is 1. The van der Waals surface area contributed by atoms with Gasteiger partial charge in [0.1, 0.15) is 5.75 Å². The lowest BCUT2D eigenvalue weighted by Gasteiger charge is -2.26. The third-order valence-electron chi connectivity index (χ3n) is 4.02. The van der Waals surface area contributed by atoms with Crippen molar-refractivity contribution in [1.82, 2.24) is 4.90 Å². The van der Waals surface area contributed by atoms with E-state index in [1.807, 2.05) is 11.0 Å². The maximum atomic E-state index is 12.1. The molecule has 0 spiro atoms. The van der Waals surface area contributed by atoms with Gasteiger partial charge < -0.3 is 9.64 Å². The molecular weight excluding hydrogens is 262 g/mol. The van der Waals surface area contributed by atoms with Gasteiger partial charge >= 0.3 is 0 Å². The molecule has 116 valence electrons. The molecule has 0 aromatic heterocycles. The maximum absolute atomic E-state index is 12.1. The van der Waals surface area contributed by atoms with Crippen LogP contribution in [0.1, 0.15) is 44.2 Å². The van der Waals surface area contributed by atoms with Crippen molar-refractivity contribution in [3.8, 4) is 5.75 Å². The minimum absolute atomic E-state index is 0.112. The predicted octanol–water partition coefficient (Wildman–Crippen LogP) is 3.58. The van der Waals surface area contributed by atoms with Gasteiger partial charge in [0.2, 0.25) is 0 Å². The lowest BCUT2D eigenvalue weighted by molar-refractivity contribution is -0.134. The smallest absolute Gasteiger partial charge is 0.260 e. The van der Waals surface area contributed by atoms with Crippen LogP contribution in [0.3, 0.4) is 0 Å². The molecule has 0 radical (unpaired) electrons. The Balaban J connectivity index is 1.91. The van der Waals surface area contributed by atoms with E-state index in [0.29, 0.717) is 5.92 Å². The summed E-state index contributed by atoms with van der Waals surface area (Å²) >= 11 is 0. The van der Waals surface area contributed by atoms with Crippen molar-refractivity contribution < 1.29 is 9.53 Å². The van der Waals surface area contributed by atoms with Crippen molar-refractivity contribution >= 4 is 5.91 Å². The maximum Gasteiger partial charge on any atom is 0.260 e. The van der Waals surface area contributed by atoms with Crippen molar-refractivity contribution in [2.24, 2.45) is 5.92 Å². The number of piperidine rings is 1. The van der Waals surface area contributed by atoms with E-state index >= 15 is 0 Å². The van der Waals surface area contributed by atoms with Crippen LogP contribution in [0.25, 0.3) is 0 Å². The fraction of sp³-hybridized carbons (Fsp3) is 0.611. The topological polar surface area (TPSA) is 29.5 Å². The van der Waals surface area contributed by atoms with Crippen molar-refractivity contribution in [2.45, 2.75) is 46.5 Å². The van der Waals surface area contributed by atoms with E-state index in [1.165, 1.54) is 17.5 Å². The van der Waals surface area contributed by atoms with Gasteiger partial charge in [-0.25, -0.2) is 0 Å². The normalized spacial score (nSPS) is 15.3. The summed E-state index contributed by atoms with van der Waals surface area (Å²) in [6.45, 7) is 8.48. The molecule has 0 N–H and O–H groups in total. The molecule has 1 aromatic carbocycles. The molecular formula is C18H27NO2. The van der Waals surface area contributed by atoms with Gasteiger partial charge in [-0.3, -0.25) is 4.79 Å². The molecule has 1 aromatic rings. The number of carbonyl (C=O) groups is 1. The van der Waals surface area contributed by atoms with Crippen LogP contribution in [0.15, 0.2) is 18.2 Å². The number of likely N-dealkylation sites (tertiary alicyclic amines) is 1. The predicted molar refractivity (Wildman–Crippen MR) is 85.6 cm³/mol. The molecule has 1 saturated heterocycles. The Morgan fingerprint density at radius 2 is 1.95 bits per heavy atom. The summed E-state index contributed by atoms with van der Waals surface area (Å²) in [4.78, 5) is 14.0. The van der Waals surface area contributed by atoms with Gasteiger partial charge in [0.15, 0.2) is 6.61 Å². The van der Waals surface area contributed by atoms with Crippen LogP contribution in [0.4, 0.5) is 0 Å². The first-order valence-electron chi connectivity index (χ1n) is 8.06. The zero-order valence-electron chi connectivity index (χ0n) is 13.5. The summed E-state index contributed by atoms with van der Waals surface area (Å²) in [7, 11) is 0. The number of hydrogen-bond acceptors (Lipinski definition) is 2. The molecule has 0 bridgehead atoms. The van der Waals surface area contributed by atoms with E-state index in [-0.39, 0.29) is 12.5 Å². The van der Waals surface area contributed by atoms with Gasteiger partial charge in [0.25, 0.3) is 5.91 Å². The third kappa shape index (κ3) is 4.76. The minimum Gasteiger partial charge on any atom is -0.484 e. The molecule has 0 saturated carbocycles. The van der Waals surface area contributed by atoms with E-state index in [4.69, 9.17) is 4.74 Å². The molecule has 1 aliphatic rings. The first-order chi connectivity index (χ1) is 10.1. The molecule has 3 heteroatoms. The summed E-state index contributed by atoms with van der Waals surface area (Å²) in [5.74, 6) is 1.54. The molecule has 0 atom stereocenters. The highest BCUT2D eigenvalue weighted by Crippen LogP contribution is 2.20. The quantitative estimate of drug-likeness (QED) is 0.829. The Hall–Kier alpha value is -1.51. The molecule has 1 aliphatic heterocycles. The highest BCUT2D eigenvalue weighted by Gasteiger charge is 2.16. The zero-order chi connectivity index (χ0) is 15.2. The van der Waals surface area contributed by atoms with Gasteiger partial charge in [-0.1, -0.05) is 19.9 Å². The molecule has 21 heavy (non-hydrogen) atoms. The number of ether oxygens (including phenoxy) is 1. The van der Waals surface area contributed by atoms with E-state index in [2.05, 4.69) is 32.9 Å². The van der Waals surface area contributed by atoms with Gasteiger partial charge in [0.05, 0.1) is 0 Å². The van der Waals surface area contributed by atoms with Crippen molar-refractivity contribution in [3.63, 3.8) is 0 Å². The van der Waals surface area contributed by atoms with Crippen molar-refractivity contribution in [3.05, 3.63) is 29.3 Å². The number of hydrogen-bond donors (Lipinski definition) is 0. The fourth-order valence-electron chi connectivity index (χ4n) is 2.78. The van der Waals surface area contributed by atoms with Crippen molar-refractivity contribution in [2.75, 3.05) is 19.7 Å². The fourth-order valence-corrected chi connectivity index (χ4v) is 2.78. The van der Waals surface area contributed by atoms with E-state index < -0.39 is 0 Å². The Bertz CT molecular complexity index is 476. The highest BCUT2D eigenvalue weighted by molar-refractivity contribution is 5.77. The summed E-state index contributed by atoms with van der Waals surface area (Å²) in [6, 6.07) is 6.12. The lowest BCUT2D eigenvalue weighted by atomic mass is 9.98. The summed E-state index contributed by atoms with van der Waals surface area (Å²) in [6.07, 6.45) is 4.52. The van der Waals surface area contributed by atoms with Crippen LogP contribution in [0.2, 0.25) is 0 Å². The Morgan fingerprint density at radius 3 is 2.62 bits per heavy atom. The second-order valence-electron chi connectivity index (χ2n) is 6.42. The molecule has 2 rings (SSSR count). The van der Waals surface area contributed by atoms with Gasteiger partial charge in [-0.2, -0.15) is 0 Å². The van der Waals surface area contributed by atoms with Crippen LogP contribution in [-0.4, -0.2) is 30.5 Å². The van der Waals surface area contributed by atoms with E-state index in [0.717, 1.165) is 38.1 Å². The minimum atomic E-state index is 0.112. The summed E-state index contributed by atoms with van der Waals surface area (Å²) < 4.78 is 5.71. The Labute approximate surface area is 128 Å². The van der Waals surface area contributed by atoms with Crippen LogP contribution in [0.5, 0.6) is 5.75 Å². The SMILES string of the molecule is Cc1ccc(OCC(=O)N2CCCCC2)cc1CC(C)C. The largest absolute Gasteiger partial charge is 0.484 e. The second kappa shape index (κ2) is 7.48. The lowest BCUT2D eigenvalue weighted by Crippen LogP contribution is -2.38. The Kier molecular flexibility index (Phi) is 5.66. The molecule has 3 nitrogen and oxygen atoms in total. The molecule has 1 heterocycles. The number of aryl methyl sites for hydroxylation is 1. The van der Waals surface area contributed by atoms with Gasteiger partial charge in [-0.15, -0.1) is 0 Å². The molecule has 0 aliphatic carbocycles. The number of carbonyl (C=O) groups excluding carboxylic acids is 1. The third-order valence-corrected chi connectivity index (χ3v) is 4.02. The molecule has 1 amide bonds. The average molecular weight is 289 g/mol.